The molecule has 0 unspecified atom stereocenters. The molecule has 0 aliphatic heterocycles. The van der Waals surface area contributed by atoms with Crippen molar-refractivity contribution in [2.45, 2.75) is 97.8 Å². The van der Waals surface area contributed by atoms with Crippen LogP contribution in [0.1, 0.15) is 97.8 Å². The molecule has 0 aromatic heterocycles. The molecule has 0 aromatic carbocycles. The second kappa shape index (κ2) is 43.3. The van der Waals surface area contributed by atoms with Crippen molar-refractivity contribution in [3.8, 4) is 0 Å². The van der Waals surface area contributed by atoms with Gasteiger partial charge in [-0.2, -0.15) is 0 Å². The van der Waals surface area contributed by atoms with Crippen molar-refractivity contribution in [1.82, 2.24) is 0 Å². The molecule has 0 aliphatic carbocycles. The molecular formula is C18H44O4Ti. The molecule has 0 bridgehead atoms. The minimum Gasteiger partial charge on any atom is -0.412 e. The molecule has 0 amide bonds. The fourth-order valence-electron chi connectivity index (χ4n) is 1.62. The Balaban J connectivity index is -0.0000000675. The summed E-state index contributed by atoms with van der Waals surface area (Å²) in [5, 5.41) is 24.9. The second-order valence-corrected chi connectivity index (χ2v) is 5.35. The van der Waals surface area contributed by atoms with Crippen LogP contribution in [-0.4, -0.2) is 40.6 Å². The van der Waals surface area contributed by atoms with Gasteiger partial charge in [0.1, 0.15) is 0 Å². The summed E-state index contributed by atoms with van der Waals surface area (Å²) >= 11 is 0. The fraction of sp³-hybridized carbons (Fsp3) is 1.00. The summed E-state index contributed by atoms with van der Waals surface area (Å²) in [5.41, 5.74) is 0. The predicted octanol–water partition coefficient (Wildman–Crippen LogP) is 3.85. The zero-order valence-corrected chi connectivity index (χ0v) is 17.5. The van der Waals surface area contributed by atoms with Crippen LogP contribution in [-0.2, 0) is 21.7 Å². The van der Waals surface area contributed by atoms with Gasteiger partial charge in [0.15, 0.2) is 0 Å². The molecule has 4 nitrogen and oxygen atoms in total. The maximum atomic E-state index is 8.29. The van der Waals surface area contributed by atoms with Crippen molar-refractivity contribution < 1.29 is 42.5 Å². The Bertz CT molecular complexity index is 102. The number of hydrogen-bond donors (Lipinski definition) is 3. The normalized spacial score (nSPS) is 8.61. The maximum absolute atomic E-state index is 8.29. The number of unbranched alkanes of at least 4 members (excludes halogenated alkanes) is 9. The van der Waals surface area contributed by atoms with E-state index < -0.39 is 0 Å². The SMILES string of the molecule is CCCCCCO.CCCCCCO.CCCCCCO.O.[Ti]. The first-order chi connectivity index (χ1) is 10.2. The molecule has 0 rings (SSSR count). The Kier molecular flexibility index (Phi) is 65.5. The maximum Gasteiger partial charge on any atom is 0.0431 e. The summed E-state index contributed by atoms with van der Waals surface area (Å²) in [6.07, 6.45) is 14.0. The van der Waals surface area contributed by atoms with Crippen LogP contribution in [0, 0.1) is 0 Å². The topological polar surface area (TPSA) is 92.2 Å². The Morgan fingerprint density at radius 1 is 0.435 bits per heavy atom. The van der Waals surface area contributed by atoms with Crippen LogP contribution in [0.4, 0.5) is 0 Å². The first-order valence-electron chi connectivity index (χ1n) is 9.07. The van der Waals surface area contributed by atoms with Crippen LogP contribution >= 0.6 is 0 Å². The van der Waals surface area contributed by atoms with Gasteiger partial charge in [-0.3, -0.25) is 0 Å². The minimum atomic E-state index is 0. The van der Waals surface area contributed by atoms with E-state index >= 15 is 0 Å². The van der Waals surface area contributed by atoms with E-state index in [2.05, 4.69) is 20.8 Å². The molecule has 5 heteroatoms. The Morgan fingerprint density at radius 3 is 0.783 bits per heavy atom. The van der Waals surface area contributed by atoms with Crippen molar-refractivity contribution in [3.05, 3.63) is 0 Å². The molecular weight excluding hydrogens is 328 g/mol. The molecule has 0 atom stereocenters. The van der Waals surface area contributed by atoms with Crippen LogP contribution < -0.4 is 0 Å². The predicted molar refractivity (Wildman–Crippen MR) is 97.3 cm³/mol. The van der Waals surface area contributed by atoms with E-state index in [1.54, 1.807) is 0 Å². The Hall–Kier alpha value is 0.554. The molecule has 0 aliphatic rings. The van der Waals surface area contributed by atoms with E-state index in [4.69, 9.17) is 15.3 Å². The van der Waals surface area contributed by atoms with Crippen LogP contribution in [0.15, 0.2) is 0 Å². The van der Waals surface area contributed by atoms with Gasteiger partial charge in [-0.05, 0) is 19.3 Å². The van der Waals surface area contributed by atoms with E-state index in [0.29, 0.717) is 19.8 Å². The van der Waals surface area contributed by atoms with Crippen molar-refractivity contribution >= 4 is 0 Å². The zero-order valence-electron chi connectivity index (χ0n) is 15.9. The second-order valence-electron chi connectivity index (χ2n) is 5.35. The summed E-state index contributed by atoms with van der Waals surface area (Å²) in [7, 11) is 0. The van der Waals surface area contributed by atoms with Gasteiger partial charge in [-0.1, -0.05) is 78.6 Å². The number of aliphatic hydroxyl groups is 3. The molecule has 0 fully saturated rings. The Labute approximate surface area is 160 Å². The van der Waals surface area contributed by atoms with E-state index in [0.717, 1.165) is 19.3 Å². The van der Waals surface area contributed by atoms with Gasteiger partial charge >= 0.3 is 0 Å². The van der Waals surface area contributed by atoms with Crippen LogP contribution in [0.3, 0.4) is 0 Å². The van der Waals surface area contributed by atoms with Gasteiger partial charge in [-0.25, -0.2) is 0 Å². The van der Waals surface area contributed by atoms with Crippen molar-refractivity contribution in [2.24, 2.45) is 0 Å². The molecule has 5 N–H and O–H groups in total. The molecule has 0 spiro atoms. The summed E-state index contributed by atoms with van der Waals surface area (Å²) in [6, 6.07) is 0. The molecule has 0 radical (unpaired) electrons. The average Bonchev–Trinajstić information content (AvgIpc) is 2.50. The van der Waals surface area contributed by atoms with Crippen LogP contribution in [0.25, 0.3) is 0 Å². The van der Waals surface area contributed by atoms with Gasteiger partial charge in [-0.15, -0.1) is 0 Å². The van der Waals surface area contributed by atoms with E-state index in [1.807, 2.05) is 0 Å². The van der Waals surface area contributed by atoms with Crippen LogP contribution in [0.2, 0.25) is 0 Å². The third-order valence-corrected chi connectivity index (χ3v) is 3.04. The number of rotatable bonds is 12. The van der Waals surface area contributed by atoms with E-state index in [-0.39, 0.29) is 27.2 Å². The number of aliphatic hydroxyl groups excluding tert-OH is 3. The van der Waals surface area contributed by atoms with Crippen molar-refractivity contribution in [2.75, 3.05) is 19.8 Å². The third kappa shape index (κ3) is 60.5. The molecule has 0 aromatic rings. The first kappa shape index (κ1) is 34.8. The summed E-state index contributed by atoms with van der Waals surface area (Å²) in [6.45, 7) is 7.58. The molecule has 0 saturated carbocycles. The minimum absolute atomic E-state index is 0. The third-order valence-electron chi connectivity index (χ3n) is 3.04. The molecule has 23 heavy (non-hydrogen) atoms. The largest absolute Gasteiger partial charge is 0.412 e. The quantitative estimate of drug-likeness (QED) is 0.359. The van der Waals surface area contributed by atoms with Crippen molar-refractivity contribution in [1.29, 1.82) is 0 Å². The molecule has 0 saturated heterocycles. The summed E-state index contributed by atoms with van der Waals surface area (Å²) < 4.78 is 0. The van der Waals surface area contributed by atoms with Crippen LogP contribution in [0.5, 0.6) is 0 Å². The zero-order chi connectivity index (χ0) is 16.6. The molecule has 0 heterocycles. The molecule has 144 valence electrons. The van der Waals surface area contributed by atoms with Crippen molar-refractivity contribution in [3.63, 3.8) is 0 Å². The smallest absolute Gasteiger partial charge is 0.0431 e. The van der Waals surface area contributed by atoms with Gasteiger partial charge < -0.3 is 20.8 Å². The average molecular weight is 372 g/mol. The van der Waals surface area contributed by atoms with E-state index in [9.17, 15) is 0 Å². The van der Waals surface area contributed by atoms with Gasteiger partial charge in [0.2, 0.25) is 0 Å². The summed E-state index contributed by atoms with van der Waals surface area (Å²) in [4.78, 5) is 0. The van der Waals surface area contributed by atoms with Gasteiger partial charge in [0, 0.05) is 41.5 Å². The summed E-state index contributed by atoms with van der Waals surface area (Å²) in [5.74, 6) is 0. The monoisotopic (exact) mass is 372 g/mol. The van der Waals surface area contributed by atoms with Gasteiger partial charge in [0.25, 0.3) is 0 Å². The fourth-order valence-corrected chi connectivity index (χ4v) is 1.62. The number of hydrogen-bond acceptors (Lipinski definition) is 3. The first-order valence-corrected chi connectivity index (χ1v) is 9.07. The Morgan fingerprint density at radius 2 is 0.652 bits per heavy atom. The van der Waals surface area contributed by atoms with E-state index in [1.165, 1.54) is 57.8 Å². The standard InChI is InChI=1S/3C6H14O.H2O.Ti/c3*1-2-3-4-5-6-7;;/h3*7H,2-6H2,1H3;1H2;. The van der Waals surface area contributed by atoms with Gasteiger partial charge in [0.05, 0.1) is 0 Å².